The van der Waals surface area contributed by atoms with Gasteiger partial charge in [-0.2, -0.15) is 0 Å². The molecule has 0 radical (unpaired) electrons. The van der Waals surface area contributed by atoms with Gasteiger partial charge in [0.25, 0.3) is 5.91 Å². The maximum absolute atomic E-state index is 13.9. The Labute approximate surface area is 217 Å². The second kappa shape index (κ2) is 9.92. The Bertz CT molecular complexity index is 993. The SMILES string of the molecule is CC(C)CCN1C(=O)N(CCCc2ccncc2)C(=O)C12CCN(CC1=CC[C@H]3C[C@@H]1C3(C)C)CC2. The van der Waals surface area contributed by atoms with Crippen molar-refractivity contribution in [3.63, 3.8) is 0 Å². The molecule has 1 aromatic heterocycles. The molecule has 0 N–H and O–H groups in total. The molecule has 6 rings (SSSR count). The molecule has 3 aliphatic carbocycles. The predicted molar refractivity (Wildman–Crippen MR) is 142 cm³/mol. The summed E-state index contributed by atoms with van der Waals surface area (Å²) in [6.07, 6.45) is 12.7. The summed E-state index contributed by atoms with van der Waals surface area (Å²) in [4.78, 5) is 37.6. The fourth-order valence-corrected chi connectivity index (χ4v) is 7.15. The van der Waals surface area contributed by atoms with Crippen molar-refractivity contribution in [3.05, 3.63) is 41.7 Å². The van der Waals surface area contributed by atoms with E-state index in [4.69, 9.17) is 0 Å². The van der Waals surface area contributed by atoms with E-state index in [9.17, 15) is 9.59 Å². The van der Waals surface area contributed by atoms with Crippen LogP contribution in [0.25, 0.3) is 0 Å². The lowest BCUT2D eigenvalue weighted by molar-refractivity contribution is -0.135. The molecule has 2 bridgehead atoms. The summed E-state index contributed by atoms with van der Waals surface area (Å²) in [6, 6.07) is 3.94. The number of imide groups is 1. The number of hydrogen-bond acceptors (Lipinski definition) is 4. The molecule has 2 atom stereocenters. The maximum atomic E-state index is 13.9. The largest absolute Gasteiger partial charge is 0.327 e. The smallest absolute Gasteiger partial charge is 0.309 e. The lowest BCUT2D eigenvalue weighted by atomic mass is 9.49. The van der Waals surface area contributed by atoms with Gasteiger partial charge in [0, 0.05) is 45.1 Å². The van der Waals surface area contributed by atoms with Gasteiger partial charge in [-0.3, -0.25) is 19.6 Å². The van der Waals surface area contributed by atoms with Gasteiger partial charge in [0.2, 0.25) is 0 Å². The molecule has 196 valence electrons. The first-order valence-corrected chi connectivity index (χ1v) is 14.2. The summed E-state index contributed by atoms with van der Waals surface area (Å²) in [5.41, 5.74) is 2.60. The van der Waals surface area contributed by atoms with E-state index in [0.717, 1.165) is 63.6 Å². The van der Waals surface area contributed by atoms with Crippen LogP contribution in [-0.2, 0) is 11.2 Å². The van der Waals surface area contributed by atoms with Crippen molar-refractivity contribution in [2.75, 3.05) is 32.7 Å². The van der Waals surface area contributed by atoms with Crippen LogP contribution < -0.4 is 0 Å². The van der Waals surface area contributed by atoms with E-state index in [1.54, 1.807) is 22.9 Å². The van der Waals surface area contributed by atoms with E-state index in [-0.39, 0.29) is 11.9 Å². The van der Waals surface area contributed by atoms with Gasteiger partial charge in [0.05, 0.1) is 0 Å². The van der Waals surface area contributed by atoms with Crippen molar-refractivity contribution in [1.29, 1.82) is 0 Å². The molecule has 1 spiro atoms. The number of fused-ring (bicyclic) bond motifs is 1. The Morgan fingerprint density at radius 2 is 1.81 bits per heavy atom. The van der Waals surface area contributed by atoms with Gasteiger partial charge in [-0.1, -0.05) is 39.3 Å². The first-order chi connectivity index (χ1) is 17.2. The minimum atomic E-state index is -0.652. The van der Waals surface area contributed by atoms with Crippen LogP contribution in [0.5, 0.6) is 0 Å². The number of aryl methyl sites for hydroxylation is 1. The average Bonchev–Trinajstić information content (AvgIpc) is 3.05. The Kier molecular flexibility index (Phi) is 7.01. The Hall–Kier alpha value is -2.21. The zero-order valence-corrected chi connectivity index (χ0v) is 22.7. The quantitative estimate of drug-likeness (QED) is 0.353. The molecule has 2 aliphatic heterocycles. The van der Waals surface area contributed by atoms with E-state index in [1.807, 2.05) is 17.0 Å². The number of aromatic nitrogens is 1. The van der Waals surface area contributed by atoms with Crippen LogP contribution in [0.1, 0.15) is 71.8 Å². The van der Waals surface area contributed by atoms with Crippen molar-refractivity contribution >= 4 is 11.9 Å². The van der Waals surface area contributed by atoms with Crippen LogP contribution in [0.3, 0.4) is 0 Å². The molecule has 3 fully saturated rings. The van der Waals surface area contributed by atoms with Crippen molar-refractivity contribution in [3.8, 4) is 0 Å². The number of likely N-dealkylation sites (tertiary alicyclic amines) is 1. The number of urea groups is 1. The monoisotopic (exact) mass is 492 g/mol. The third kappa shape index (κ3) is 4.51. The zero-order valence-electron chi connectivity index (χ0n) is 22.7. The summed E-state index contributed by atoms with van der Waals surface area (Å²) in [5, 5.41) is 0. The average molecular weight is 493 g/mol. The molecule has 0 unspecified atom stereocenters. The summed E-state index contributed by atoms with van der Waals surface area (Å²) in [6.45, 7) is 13.2. The van der Waals surface area contributed by atoms with E-state index in [2.05, 4.69) is 43.7 Å². The molecule has 6 nitrogen and oxygen atoms in total. The molecule has 5 aliphatic rings. The second-order valence-electron chi connectivity index (χ2n) is 12.7. The van der Waals surface area contributed by atoms with Gasteiger partial charge in [-0.25, -0.2) is 4.79 Å². The van der Waals surface area contributed by atoms with Gasteiger partial charge in [0.1, 0.15) is 5.54 Å². The summed E-state index contributed by atoms with van der Waals surface area (Å²) < 4.78 is 0. The van der Waals surface area contributed by atoms with Crippen LogP contribution in [0.2, 0.25) is 0 Å². The summed E-state index contributed by atoms with van der Waals surface area (Å²) in [7, 11) is 0. The van der Waals surface area contributed by atoms with Crippen LogP contribution in [-0.4, -0.2) is 69.9 Å². The third-order valence-corrected chi connectivity index (χ3v) is 9.82. The maximum Gasteiger partial charge on any atom is 0.327 e. The highest BCUT2D eigenvalue weighted by Crippen LogP contribution is 2.59. The van der Waals surface area contributed by atoms with Crippen molar-refractivity contribution < 1.29 is 9.59 Å². The molecule has 1 saturated carbocycles. The van der Waals surface area contributed by atoms with E-state index >= 15 is 0 Å². The number of amides is 3. The third-order valence-electron chi connectivity index (χ3n) is 9.82. The summed E-state index contributed by atoms with van der Waals surface area (Å²) >= 11 is 0. The summed E-state index contributed by atoms with van der Waals surface area (Å²) in [5.74, 6) is 2.13. The van der Waals surface area contributed by atoms with Crippen molar-refractivity contribution in [1.82, 2.24) is 19.7 Å². The molecule has 6 heteroatoms. The lowest BCUT2D eigenvalue weighted by Gasteiger charge is -2.57. The number of nitrogens with zero attached hydrogens (tertiary/aromatic N) is 4. The Morgan fingerprint density at radius 1 is 1.08 bits per heavy atom. The highest BCUT2D eigenvalue weighted by atomic mass is 16.2. The molecule has 3 heterocycles. The highest BCUT2D eigenvalue weighted by molar-refractivity contribution is 6.07. The lowest BCUT2D eigenvalue weighted by Crippen LogP contribution is -2.57. The van der Waals surface area contributed by atoms with E-state index < -0.39 is 5.54 Å². The first-order valence-electron chi connectivity index (χ1n) is 14.2. The minimum absolute atomic E-state index is 0.0467. The second-order valence-corrected chi connectivity index (χ2v) is 12.7. The molecule has 3 amide bonds. The van der Waals surface area contributed by atoms with Gasteiger partial charge in [-0.15, -0.1) is 0 Å². The number of carbonyl (C=O) groups is 2. The number of piperidine rings is 1. The fourth-order valence-electron chi connectivity index (χ4n) is 7.15. The highest BCUT2D eigenvalue weighted by Gasteiger charge is 2.58. The zero-order chi connectivity index (χ0) is 25.5. The predicted octanol–water partition coefficient (Wildman–Crippen LogP) is 5.15. The number of hydrogen-bond donors (Lipinski definition) is 0. The van der Waals surface area contributed by atoms with Gasteiger partial charge in [-0.05, 0) is 85.8 Å². The normalized spacial score (nSPS) is 27.1. The standard InChI is InChI=1S/C30H44N4O2/c1-22(2)11-17-34-28(36)33(16-5-6-23-9-14-31-15-10-23)27(35)30(34)12-18-32(19-13-30)21-24-7-8-25-20-26(24)29(25,3)4/h7,9-10,14-15,22,25-26H,5-6,8,11-13,16-21H2,1-4H3/t25-,26-/m0/s1. The molecule has 36 heavy (non-hydrogen) atoms. The number of pyridine rings is 1. The van der Waals surface area contributed by atoms with Crippen LogP contribution in [0.4, 0.5) is 4.79 Å². The molecule has 2 saturated heterocycles. The Morgan fingerprint density at radius 3 is 2.44 bits per heavy atom. The number of rotatable bonds is 9. The fraction of sp³-hybridized carbons (Fsp3) is 0.700. The number of allylic oxidation sites excluding steroid dienone is 1. The van der Waals surface area contributed by atoms with Gasteiger partial charge >= 0.3 is 6.03 Å². The van der Waals surface area contributed by atoms with Crippen LogP contribution >= 0.6 is 0 Å². The van der Waals surface area contributed by atoms with Crippen molar-refractivity contribution in [2.24, 2.45) is 23.2 Å². The minimum Gasteiger partial charge on any atom is -0.309 e. The topological polar surface area (TPSA) is 56.8 Å². The van der Waals surface area contributed by atoms with E-state index in [1.165, 1.54) is 18.4 Å². The molecule has 1 aromatic rings. The van der Waals surface area contributed by atoms with Crippen molar-refractivity contribution in [2.45, 2.75) is 78.2 Å². The van der Waals surface area contributed by atoms with E-state index in [0.29, 0.717) is 24.4 Å². The molecular weight excluding hydrogens is 448 g/mol. The molecular formula is C30H44N4O2. The first kappa shape index (κ1) is 25.4. The van der Waals surface area contributed by atoms with Gasteiger partial charge < -0.3 is 4.90 Å². The number of carbonyl (C=O) groups excluding carboxylic acids is 2. The Balaban J connectivity index is 1.24. The van der Waals surface area contributed by atoms with Crippen LogP contribution in [0.15, 0.2) is 36.2 Å². The van der Waals surface area contributed by atoms with Crippen LogP contribution in [0, 0.1) is 23.2 Å². The van der Waals surface area contributed by atoms with Gasteiger partial charge in [0.15, 0.2) is 0 Å². The molecule has 0 aromatic carbocycles.